The molecule has 0 spiro atoms. The smallest absolute Gasteiger partial charge is 0.309 e. The highest BCUT2D eigenvalue weighted by atomic mass is 35.5. The number of rotatable bonds is 6. The highest BCUT2D eigenvalue weighted by Crippen LogP contribution is 2.30. The molecule has 0 radical (unpaired) electrons. The van der Waals surface area contributed by atoms with Crippen LogP contribution >= 0.6 is 11.6 Å². The molecule has 6 heteroatoms. The molecule has 0 amide bonds. The molecule has 0 saturated heterocycles. The molecule has 0 aliphatic heterocycles. The summed E-state index contributed by atoms with van der Waals surface area (Å²) in [4.78, 5) is 15.7. The van der Waals surface area contributed by atoms with Crippen LogP contribution in [-0.4, -0.2) is 27.7 Å². The first-order valence-electron chi connectivity index (χ1n) is 8.15. The van der Waals surface area contributed by atoms with Gasteiger partial charge >= 0.3 is 5.97 Å². The van der Waals surface area contributed by atoms with Gasteiger partial charge in [-0.3, -0.25) is 4.79 Å². The molecule has 3 rings (SSSR count). The number of carboxylic acid groups (broad SMARTS) is 1. The number of benzene rings is 2. The van der Waals surface area contributed by atoms with Crippen LogP contribution in [-0.2, 0) is 17.8 Å². The first-order valence-corrected chi connectivity index (χ1v) is 8.53. The van der Waals surface area contributed by atoms with Crippen molar-refractivity contribution < 1.29 is 14.6 Å². The van der Waals surface area contributed by atoms with Gasteiger partial charge in [0, 0.05) is 12.1 Å². The minimum absolute atomic E-state index is 0.187. The zero-order valence-electron chi connectivity index (χ0n) is 14.6. The number of methoxy groups -OCH3 is 1. The number of imidazole rings is 1. The number of ether oxygens (including phenoxy) is 1. The summed E-state index contributed by atoms with van der Waals surface area (Å²) >= 11 is 6.29. The highest BCUT2D eigenvalue weighted by Gasteiger charge is 2.20. The molecule has 26 heavy (non-hydrogen) atoms. The number of carbonyl (C=O) groups is 1. The predicted octanol–water partition coefficient (Wildman–Crippen LogP) is 4.20. The zero-order chi connectivity index (χ0) is 18.7. The van der Waals surface area contributed by atoms with E-state index >= 15 is 0 Å². The van der Waals surface area contributed by atoms with Crippen molar-refractivity contribution in [2.75, 3.05) is 7.11 Å². The maximum atomic E-state index is 11.3. The van der Waals surface area contributed by atoms with Crippen LogP contribution in [0.5, 0.6) is 5.75 Å². The zero-order valence-corrected chi connectivity index (χ0v) is 15.3. The third-order valence-corrected chi connectivity index (χ3v) is 4.48. The van der Waals surface area contributed by atoms with E-state index in [1.165, 1.54) is 0 Å². The van der Waals surface area contributed by atoms with E-state index in [4.69, 9.17) is 16.3 Å². The third-order valence-electron chi connectivity index (χ3n) is 4.18. The molecule has 134 valence electrons. The summed E-state index contributed by atoms with van der Waals surface area (Å²) in [5, 5.41) is 9.47. The standard InChI is InChI=1S/C20H19ClN2O3/c1-13-10-15(8-9-17(13)26-2)20-22-19(21)16(11-18(24)25)23(20)12-14-6-4-3-5-7-14/h3-10H,11-12H2,1-2H3,(H,24,25). The van der Waals surface area contributed by atoms with Crippen LogP contribution < -0.4 is 4.74 Å². The fourth-order valence-electron chi connectivity index (χ4n) is 2.94. The fraction of sp³-hybridized carbons (Fsp3) is 0.200. The number of nitrogens with zero attached hydrogens (tertiary/aromatic N) is 2. The van der Waals surface area contributed by atoms with Crippen LogP contribution in [0.2, 0.25) is 5.15 Å². The Morgan fingerprint density at radius 1 is 1.23 bits per heavy atom. The van der Waals surface area contributed by atoms with Crippen LogP contribution in [0.25, 0.3) is 11.4 Å². The monoisotopic (exact) mass is 370 g/mol. The molecule has 2 aromatic carbocycles. The van der Waals surface area contributed by atoms with Crippen molar-refractivity contribution in [2.24, 2.45) is 0 Å². The number of aliphatic carboxylic acids is 1. The Hall–Kier alpha value is -2.79. The first-order chi connectivity index (χ1) is 12.5. The Morgan fingerprint density at radius 2 is 1.96 bits per heavy atom. The van der Waals surface area contributed by atoms with Gasteiger partial charge in [-0.1, -0.05) is 41.9 Å². The molecular weight excluding hydrogens is 352 g/mol. The summed E-state index contributed by atoms with van der Waals surface area (Å²) in [6.07, 6.45) is -0.187. The van der Waals surface area contributed by atoms with Gasteiger partial charge in [0.25, 0.3) is 0 Å². The Bertz CT molecular complexity index is 936. The molecule has 0 unspecified atom stereocenters. The molecule has 0 saturated carbocycles. The van der Waals surface area contributed by atoms with E-state index in [2.05, 4.69) is 4.98 Å². The van der Waals surface area contributed by atoms with Gasteiger partial charge in [-0.05, 0) is 36.2 Å². The van der Waals surface area contributed by atoms with E-state index in [0.717, 1.165) is 22.4 Å². The molecule has 0 atom stereocenters. The minimum Gasteiger partial charge on any atom is -0.496 e. The molecule has 0 aliphatic rings. The van der Waals surface area contributed by atoms with Crippen LogP contribution in [0.1, 0.15) is 16.8 Å². The van der Waals surface area contributed by atoms with E-state index in [1.54, 1.807) is 7.11 Å². The lowest BCUT2D eigenvalue weighted by Crippen LogP contribution is -2.11. The first kappa shape index (κ1) is 18.0. The highest BCUT2D eigenvalue weighted by molar-refractivity contribution is 6.30. The lowest BCUT2D eigenvalue weighted by Gasteiger charge is -2.13. The average Bonchev–Trinajstić information content (AvgIpc) is 2.91. The van der Waals surface area contributed by atoms with Gasteiger partial charge in [0.2, 0.25) is 0 Å². The lowest BCUT2D eigenvalue weighted by molar-refractivity contribution is -0.136. The van der Waals surface area contributed by atoms with Crippen molar-refractivity contribution in [3.63, 3.8) is 0 Å². The summed E-state index contributed by atoms with van der Waals surface area (Å²) in [6, 6.07) is 15.5. The second-order valence-corrected chi connectivity index (χ2v) is 6.36. The van der Waals surface area contributed by atoms with Crippen molar-refractivity contribution in [1.29, 1.82) is 0 Å². The quantitative estimate of drug-likeness (QED) is 0.706. The second kappa shape index (κ2) is 7.62. The van der Waals surface area contributed by atoms with E-state index < -0.39 is 5.97 Å². The number of hydrogen-bond donors (Lipinski definition) is 1. The Balaban J connectivity index is 2.12. The van der Waals surface area contributed by atoms with Crippen molar-refractivity contribution >= 4 is 17.6 Å². The van der Waals surface area contributed by atoms with Gasteiger partial charge in [0.1, 0.15) is 11.6 Å². The maximum absolute atomic E-state index is 11.3. The largest absolute Gasteiger partial charge is 0.496 e. The summed E-state index contributed by atoms with van der Waals surface area (Å²) in [7, 11) is 1.63. The summed E-state index contributed by atoms with van der Waals surface area (Å²) in [5.74, 6) is 0.478. The number of halogens is 1. The van der Waals surface area contributed by atoms with E-state index in [-0.39, 0.29) is 11.6 Å². The molecule has 0 aliphatic carbocycles. The second-order valence-electron chi connectivity index (χ2n) is 6.00. The molecule has 3 aromatic rings. The molecule has 0 fully saturated rings. The lowest BCUT2D eigenvalue weighted by atomic mass is 10.1. The normalized spacial score (nSPS) is 10.7. The Labute approximate surface area is 156 Å². The van der Waals surface area contributed by atoms with Crippen molar-refractivity contribution in [3.05, 3.63) is 70.5 Å². The van der Waals surface area contributed by atoms with Gasteiger partial charge in [-0.25, -0.2) is 4.98 Å². The topological polar surface area (TPSA) is 64.3 Å². The number of hydrogen-bond acceptors (Lipinski definition) is 3. The number of aryl methyl sites for hydroxylation is 1. The van der Waals surface area contributed by atoms with Gasteiger partial charge in [0.15, 0.2) is 5.15 Å². The van der Waals surface area contributed by atoms with E-state index in [0.29, 0.717) is 18.1 Å². The minimum atomic E-state index is -0.946. The van der Waals surface area contributed by atoms with Crippen molar-refractivity contribution in [3.8, 4) is 17.1 Å². The molecule has 1 heterocycles. The van der Waals surface area contributed by atoms with Crippen LogP contribution in [0, 0.1) is 6.92 Å². The molecule has 0 bridgehead atoms. The molecule has 1 N–H and O–H groups in total. The van der Waals surface area contributed by atoms with Crippen molar-refractivity contribution in [1.82, 2.24) is 9.55 Å². The van der Waals surface area contributed by atoms with Crippen LogP contribution in [0.3, 0.4) is 0 Å². The molecular formula is C20H19ClN2O3. The van der Waals surface area contributed by atoms with E-state index in [1.807, 2.05) is 60.0 Å². The predicted molar refractivity (Wildman–Crippen MR) is 101 cm³/mol. The van der Waals surface area contributed by atoms with Crippen LogP contribution in [0.4, 0.5) is 0 Å². The number of aromatic nitrogens is 2. The summed E-state index contributed by atoms with van der Waals surface area (Å²) < 4.78 is 7.18. The van der Waals surface area contributed by atoms with Crippen LogP contribution in [0.15, 0.2) is 48.5 Å². The maximum Gasteiger partial charge on any atom is 0.309 e. The fourth-order valence-corrected chi connectivity index (χ4v) is 3.19. The van der Waals surface area contributed by atoms with Gasteiger partial charge < -0.3 is 14.4 Å². The Morgan fingerprint density at radius 3 is 2.58 bits per heavy atom. The number of carboxylic acids is 1. The molecule has 1 aromatic heterocycles. The summed E-state index contributed by atoms with van der Waals surface area (Å²) in [6.45, 7) is 2.44. The van der Waals surface area contributed by atoms with Crippen molar-refractivity contribution in [2.45, 2.75) is 19.9 Å². The average molecular weight is 371 g/mol. The third kappa shape index (κ3) is 3.73. The Kier molecular flexibility index (Phi) is 5.28. The SMILES string of the molecule is COc1ccc(-c2nc(Cl)c(CC(=O)O)n2Cc2ccccc2)cc1C. The van der Waals surface area contributed by atoms with Gasteiger partial charge in [0.05, 0.1) is 19.2 Å². The van der Waals surface area contributed by atoms with E-state index in [9.17, 15) is 9.90 Å². The van der Waals surface area contributed by atoms with Gasteiger partial charge in [-0.2, -0.15) is 0 Å². The van der Waals surface area contributed by atoms with Gasteiger partial charge in [-0.15, -0.1) is 0 Å². The molecule has 5 nitrogen and oxygen atoms in total. The summed E-state index contributed by atoms with van der Waals surface area (Å²) in [5.41, 5.74) is 3.36.